The molecule has 0 saturated carbocycles. The Morgan fingerprint density at radius 2 is 2.00 bits per heavy atom. The monoisotopic (exact) mass is 326 g/mol. The predicted molar refractivity (Wildman–Crippen MR) is 94.6 cm³/mol. The molecular formula is C18H18N2O2S. The Labute approximate surface area is 139 Å². The molecule has 0 bridgehead atoms. The molecule has 1 aliphatic rings. The molecule has 3 aromatic rings. The summed E-state index contributed by atoms with van der Waals surface area (Å²) in [7, 11) is 4.09. The highest BCUT2D eigenvalue weighted by Crippen LogP contribution is 2.33. The highest BCUT2D eigenvalue weighted by atomic mass is 32.1. The minimum Gasteiger partial charge on any atom is -0.491 e. The fraction of sp³-hybridized carbons (Fsp3) is 0.278. The van der Waals surface area contributed by atoms with Crippen LogP contribution >= 0.6 is 11.3 Å². The van der Waals surface area contributed by atoms with E-state index in [0.717, 1.165) is 33.1 Å². The number of hydrogen-bond donors (Lipinski definition) is 0. The SMILES string of the molecule is CN(C)c1ccc(-c2nc3ccc(OC[C@@H]4CO4)cc3s2)cc1. The second-order valence-corrected chi connectivity index (χ2v) is 6.89. The number of fused-ring (bicyclic) bond motifs is 1. The van der Waals surface area contributed by atoms with E-state index in [2.05, 4.69) is 35.2 Å². The molecule has 2 aromatic carbocycles. The first kappa shape index (κ1) is 14.5. The van der Waals surface area contributed by atoms with Crippen molar-refractivity contribution in [2.45, 2.75) is 6.10 Å². The van der Waals surface area contributed by atoms with Crippen molar-refractivity contribution in [1.82, 2.24) is 4.98 Å². The molecule has 0 aliphatic carbocycles. The molecule has 0 radical (unpaired) electrons. The highest BCUT2D eigenvalue weighted by molar-refractivity contribution is 7.21. The Morgan fingerprint density at radius 1 is 1.22 bits per heavy atom. The van der Waals surface area contributed by atoms with Crippen LogP contribution in [-0.2, 0) is 4.74 Å². The number of benzene rings is 2. The fourth-order valence-electron chi connectivity index (χ4n) is 2.37. The first-order chi connectivity index (χ1) is 11.2. The van der Waals surface area contributed by atoms with Gasteiger partial charge in [0.05, 0.1) is 16.8 Å². The van der Waals surface area contributed by atoms with Crippen molar-refractivity contribution in [2.24, 2.45) is 0 Å². The van der Waals surface area contributed by atoms with E-state index in [1.165, 1.54) is 5.69 Å². The summed E-state index contributed by atoms with van der Waals surface area (Å²) < 4.78 is 12.1. The largest absolute Gasteiger partial charge is 0.491 e. The van der Waals surface area contributed by atoms with E-state index in [-0.39, 0.29) is 6.10 Å². The summed E-state index contributed by atoms with van der Waals surface area (Å²) in [4.78, 5) is 6.82. The van der Waals surface area contributed by atoms with E-state index in [4.69, 9.17) is 14.5 Å². The third kappa shape index (κ3) is 3.16. The van der Waals surface area contributed by atoms with Crippen LogP contribution in [0.25, 0.3) is 20.8 Å². The van der Waals surface area contributed by atoms with Crippen molar-refractivity contribution in [3.05, 3.63) is 42.5 Å². The van der Waals surface area contributed by atoms with Crippen LogP contribution in [0.15, 0.2) is 42.5 Å². The van der Waals surface area contributed by atoms with Crippen molar-refractivity contribution in [1.29, 1.82) is 0 Å². The maximum atomic E-state index is 5.74. The van der Waals surface area contributed by atoms with Gasteiger partial charge in [-0.1, -0.05) is 0 Å². The summed E-state index contributed by atoms with van der Waals surface area (Å²) in [6.07, 6.45) is 0.276. The molecule has 1 atom stereocenters. The van der Waals surface area contributed by atoms with Gasteiger partial charge in [0.1, 0.15) is 23.5 Å². The minimum atomic E-state index is 0.276. The summed E-state index contributed by atoms with van der Waals surface area (Å²) in [6, 6.07) is 14.5. The normalized spacial score (nSPS) is 16.5. The lowest BCUT2D eigenvalue weighted by Crippen LogP contribution is -2.07. The molecule has 5 heteroatoms. The van der Waals surface area contributed by atoms with Crippen LogP contribution in [0.4, 0.5) is 5.69 Å². The Bertz CT molecular complexity index is 823. The number of epoxide rings is 1. The van der Waals surface area contributed by atoms with Gasteiger partial charge in [0.15, 0.2) is 0 Å². The summed E-state index contributed by atoms with van der Waals surface area (Å²) in [5.41, 5.74) is 3.34. The van der Waals surface area contributed by atoms with Crippen molar-refractivity contribution < 1.29 is 9.47 Å². The summed E-state index contributed by atoms with van der Waals surface area (Å²) in [6.45, 7) is 1.44. The summed E-state index contributed by atoms with van der Waals surface area (Å²) in [5, 5.41) is 1.04. The number of nitrogens with zero attached hydrogens (tertiary/aromatic N) is 2. The van der Waals surface area contributed by atoms with Crippen LogP contribution in [0, 0.1) is 0 Å². The zero-order chi connectivity index (χ0) is 15.8. The van der Waals surface area contributed by atoms with Gasteiger partial charge in [-0.3, -0.25) is 0 Å². The van der Waals surface area contributed by atoms with Gasteiger partial charge >= 0.3 is 0 Å². The molecule has 4 nitrogen and oxygen atoms in total. The summed E-state index contributed by atoms with van der Waals surface area (Å²) >= 11 is 1.69. The van der Waals surface area contributed by atoms with Crippen LogP contribution in [0.2, 0.25) is 0 Å². The van der Waals surface area contributed by atoms with E-state index < -0.39 is 0 Å². The van der Waals surface area contributed by atoms with E-state index in [1.807, 2.05) is 26.2 Å². The van der Waals surface area contributed by atoms with Gasteiger partial charge in [-0.05, 0) is 42.5 Å². The Balaban J connectivity index is 1.59. The third-order valence-electron chi connectivity index (χ3n) is 3.83. The Kier molecular flexibility index (Phi) is 3.67. The number of aromatic nitrogens is 1. The standard InChI is InChI=1S/C18H18N2O2S/c1-20(2)13-5-3-12(4-6-13)18-19-16-8-7-14(9-17(16)23-18)21-10-15-11-22-15/h3-9,15H,10-11H2,1-2H3/t15-/m1/s1. The zero-order valence-electron chi connectivity index (χ0n) is 13.2. The molecule has 4 rings (SSSR count). The van der Waals surface area contributed by atoms with Gasteiger partial charge in [0, 0.05) is 25.3 Å². The molecule has 1 aliphatic heterocycles. The van der Waals surface area contributed by atoms with Gasteiger partial charge in [-0.25, -0.2) is 4.98 Å². The second-order valence-electron chi connectivity index (χ2n) is 5.86. The van der Waals surface area contributed by atoms with Gasteiger partial charge in [-0.15, -0.1) is 11.3 Å². The van der Waals surface area contributed by atoms with Gasteiger partial charge in [0.25, 0.3) is 0 Å². The molecule has 0 N–H and O–H groups in total. The molecule has 23 heavy (non-hydrogen) atoms. The van der Waals surface area contributed by atoms with E-state index in [0.29, 0.717) is 6.61 Å². The van der Waals surface area contributed by atoms with Crippen LogP contribution in [0.5, 0.6) is 5.75 Å². The van der Waals surface area contributed by atoms with E-state index >= 15 is 0 Å². The average Bonchev–Trinajstić information content (AvgIpc) is 3.30. The minimum absolute atomic E-state index is 0.276. The second kappa shape index (κ2) is 5.83. The number of hydrogen-bond acceptors (Lipinski definition) is 5. The predicted octanol–water partition coefficient (Wildman–Crippen LogP) is 3.81. The molecule has 0 unspecified atom stereocenters. The third-order valence-corrected chi connectivity index (χ3v) is 4.90. The smallest absolute Gasteiger partial charge is 0.124 e. The van der Waals surface area contributed by atoms with Gasteiger partial charge < -0.3 is 14.4 Å². The fourth-order valence-corrected chi connectivity index (χ4v) is 3.37. The maximum absolute atomic E-state index is 5.74. The van der Waals surface area contributed by atoms with Crippen molar-refractivity contribution in [3.8, 4) is 16.3 Å². The van der Waals surface area contributed by atoms with Crippen LogP contribution < -0.4 is 9.64 Å². The molecule has 1 aromatic heterocycles. The first-order valence-electron chi connectivity index (χ1n) is 7.62. The van der Waals surface area contributed by atoms with Crippen LogP contribution in [0.1, 0.15) is 0 Å². The number of thiazole rings is 1. The lowest BCUT2D eigenvalue weighted by Gasteiger charge is -2.11. The summed E-state index contributed by atoms with van der Waals surface area (Å²) in [5.74, 6) is 0.881. The highest BCUT2D eigenvalue weighted by Gasteiger charge is 2.23. The lowest BCUT2D eigenvalue weighted by atomic mass is 10.2. The van der Waals surface area contributed by atoms with Gasteiger partial charge in [-0.2, -0.15) is 0 Å². The van der Waals surface area contributed by atoms with Crippen molar-refractivity contribution in [2.75, 3.05) is 32.2 Å². The molecule has 1 fully saturated rings. The quantitative estimate of drug-likeness (QED) is 0.668. The van der Waals surface area contributed by atoms with Crippen molar-refractivity contribution >= 4 is 27.2 Å². The Morgan fingerprint density at radius 3 is 2.70 bits per heavy atom. The number of anilines is 1. The van der Waals surface area contributed by atoms with Crippen molar-refractivity contribution in [3.63, 3.8) is 0 Å². The van der Waals surface area contributed by atoms with Crippen LogP contribution in [0.3, 0.4) is 0 Å². The number of ether oxygens (including phenoxy) is 2. The maximum Gasteiger partial charge on any atom is 0.124 e. The van der Waals surface area contributed by atoms with E-state index in [9.17, 15) is 0 Å². The topological polar surface area (TPSA) is 37.9 Å². The molecule has 2 heterocycles. The molecule has 1 saturated heterocycles. The first-order valence-corrected chi connectivity index (χ1v) is 8.43. The van der Waals surface area contributed by atoms with Crippen LogP contribution in [-0.4, -0.2) is 38.4 Å². The lowest BCUT2D eigenvalue weighted by molar-refractivity contribution is 0.263. The molecule has 0 amide bonds. The average molecular weight is 326 g/mol. The van der Waals surface area contributed by atoms with E-state index in [1.54, 1.807) is 11.3 Å². The Hall–Kier alpha value is -2.11. The van der Waals surface area contributed by atoms with Gasteiger partial charge in [0.2, 0.25) is 0 Å². The molecule has 0 spiro atoms. The molecule has 118 valence electrons. The zero-order valence-corrected chi connectivity index (χ0v) is 14.0. The number of rotatable bonds is 5. The molecular weight excluding hydrogens is 308 g/mol.